The summed E-state index contributed by atoms with van der Waals surface area (Å²) in [7, 11) is 0. The quantitative estimate of drug-likeness (QED) is 0.301. The fraction of sp³-hybridized carbons (Fsp3) is 0.174. The van der Waals surface area contributed by atoms with Crippen LogP contribution in [-0.2, 0) is 0 Å². The number of carbonyl (C=O) groups is 1. The van der Waals surface area contributed by atoms with E-state index in [4.69, 9.17) is 10.2 Å². The molecule has 0 saturated carbocycles. The maximum absolute atomic E-state index is 11.6. The molecule has 0 aliphatic heterocycles. The van der Waals surface area contributed by atoms with Crippen molar-refractivity contribution in [2.75, 3.05) is 0 Å². The summed E-state index contributed by atoms with van der Waals surface area (Å²) in [4.78, 5) is 39.3. The highest BCUT2D eigenvalue weighted by molar-refractivity contribution is 6.09. The van der Waals surface area contributed by atoms with Crippen molar-refractivity contribution in [3.05, 3.63) is 91.5 Å². The molecule has 0 spiro atoms. The summed E-state index contributed by atoms with van der Waals surface area (Å²) in [6.45, 7) is 5.83. The van der Waals surface area contributed by atoms with Crippen LogP contribution in [-0.4, -0.2) is 32.3 Å². The molecule has 2 aromatic heterocycles. The van der Waals surface area contributed by atoms with Gasteiger partial charge in [0.2, 0.25) is 23.2 Å². The van der Waals surface area contributed by atoms with Crippen molar-refractivity contribution in [1.82, 2.24) is 9.97 Å². The fourth-order valence-corrected chi connectivity index (χ4v) is 3.28. The first-order valence-corrected chi connectivity index (χ1v) is 9.31. The second-order valence-corrected chi connectivity index (χ2v) is 7.09. The van der Waals surface area contributed by atoms with Gasteiger partial charge in [-0.25, -0.2) is 0 Å². The van der Waals surface area contributed by atoms with Crippen LogP contribution < -0.4 is 11.1 Å². The first kappa shape index (κ1) is 21.2. The van der Waals surface area contributed by atoms with Crippen molar-refractivity contribution >= 4 is 27.6 Å². The third-order valence-corrected chi connectivity index (χ3v) is 4.92. The summed E-state index contributed by atoms with van der Waals surface area (Å²) in [5.41, 5.74) is 4.46. The number of Topliss-reactive ketones (excluding diaryl/α,β-unsaturated/α-hetero) is 1. The highest BCUT2D eigenvalue weighted by atomic mass is 16.5. The Labute approximate surface area is 171 Å². The zero-order valence-electron chi connectivity index (χ0n) is 16.8. The maximum atomic E-state index is 11.6. The van der Waals surface area contributed by atoms with E-state index in [0.717, 1.165) is 22.0 Å². The minimum absolute atomic E-state index is 0.0406. The number of hydrogen-bond donors (Lipinski definition) is 4. The zero-order chi connectivity index (χ0) is 22.0. The Kier molecular flexibility index (Phi) is 5.96. The van der Waals surface area contributed by atoms with Gasteiger partial charge in [0, 0.05) is 28.5 Å². The Hall–Kier alpha value is -3.55. The second kappa shape index (κ2) is 8.44. The topological polar surface area (TPSA) is 123 Å². The van der Waals surface area contributed by atoms with Crippen LogP contribution in [0, 0.1) is 20.8 Å². The highest BCUT2D eigenvalue weighted by Gasteiger charge is 2.17. The van der Waals surface area contributed by atoms with Gasteiger partial charge in [-0.1, -0.05) is 24.3 Å². The summed E-state index contributed by atoms with van der Waals surface area (Å²) in [5.74, 6) is -0.790. The van der Waals surface area contributed by atoms with Crippen LogP contribution >= 0.6 is 0 Å². The number of aliphatic hydroxyl groups excluding tert-OH is 1. The Morgan fingerprint density at radius 2 is 1.17 bits per heavy atom. The van der Waals surface area contributed by atoms with Crippen molar-refractivity contribution in [2.45, 2.75) is 27.1 Å². The monoisotopic (exact) mass is 406 g/mol. The number of benzene rings is 2. The van der Waals surface area contributed by atoms with Gasteiger partial charge in [-0.05, 0) is 49.6 Å². The van der Waals surface area contributed by atoms with Gasteiger partial charge >= 0.3 is 0 Å². The van der Waals surface area contributed by atoms with E-state index in [0.29, 0.717) is 10.9 Å². The molecule has 4 rings (SSSR count). The molecule has 0 unspecified atom stereocenters. The van der Waals surface area contributed by atoms with Crippen LogP contribution in [0.25, 0.3) is 21.8 Å². The maximum Gasteiger partial charge on any atom is 0.248 e. The lowest BCUT2D eigenvalue weighted by Crippen LogP contribution is -2.20. The van der Waals surface area contributed by atoms with E-state index in [-0.39, 0.29) is 16.7 Å². The molecule has 4 N–H and O–H groups in total. The van der Waals surface area contributed by atoms with E-state index < -0.39 is 12.1 Å². The predicted octanol–water partition coefficient (Wildman–Crippen LogP) is 2.47. The molecule has 30 heavy (non-hydrogen) atoms. The van der Waals surface area contributed by atoms with Crippen LogP contribution in [0.5, 0.6) is 0 Å². The van der Waals surface area contributed by atoms with Crippen LogP contribution in [0.3, 0.4) is 0 Å². The standard InChI is InChI=1S/C12H11NO4.C11H11NO/c1-6-2-3-8(11(15)12(16)17)7-4-5-9(14)13-10(6)7;1-7-3-4-8(2)11-9(7)5-6-10(13)12-11/h2-5,12,16-17H,1H3,(H,13,14);3-6H,1-2H3,(H,12,13). The molecular weight excluding hydrogens is 384 g/mol. The average Bonchev–Trinajstić information content (AvgIpc) is 2.71. The van der Waals surface area contributed by atoms with Crippen molar-refractivity contribution in [1.29, 1.82) is 0 Å². The largest absolute Gasteiger partial charge is 0.362 e. The molecule has 0 radical (unpaired) electrons. The lowest BCUT2D eigenvalue weighted by molar-refractivity contribution is -0.0193. The van der Waals surface area contributed by atoms with E-state index in [1.54, 1.807) is 19.1 Å². The zero-order valence-corrected chi connectivity index (χ0v) is 16.8. The third-order valence-electron chi connectivity index (χ3n) is 4.92. The molecule has 0 bridgehead atoms. The fourth-order valence-electron chi connectivity index (χ4n) is 3.28. The number of ketones is 1. The number of pyridine rings is 2. The van der Waals surface area contributed by atoms with Gasteiger partial charge in [0.1, 0.15) is 0 Å². The van der Waals surface area contributed by atoms with Gasteiger partial charge in [-0.3, -0.25) is 14.4 Å². The third kappa shape index (κ3) is 4.22. The van der Waals surface area contributed by atoms with Gasteiger partial charge < -0.3 is 20.2 Å². The minimum Gasteiger partial charge on any atom is -0.362 e. The molecule has 0 fully saturated rings. The number of aliphatic hydroxyl groups is 2. The number of H-pyrrole nitrogens is 2. The molecule has 0 aliphatic rings. The van der Waals surface area contributed by atoms with E-state index in [2.05, 4.69) is 16.0 Å². The van der Waals surface area contributed by atoms with Crippen LogP contribution in [0.2, 0.25) is 0 Å². The van der Waals surface area contributed by atoms with Crippen LogP contribution in [0.4, 0.5) is 0 Å². The molecule has 7 nitrogen and oxygen atoms in total. The molecule has 0 amide bonds. The number of nitrogens with one attached hydrogen (secondary N) is 2. The molecule has 7 heteroatoms. The van der Waals surface area contributed by atoms with E-state index in [9.17, 15) is 14.4 Å². The number of aryl methyl sites for hydroxylation is 3. The summed E-state index contributed by atoms with van der Waals surface area (Å²) in [6, 6.07) is 13.5. The SMILES string of the molecule is Cc1ccc(C(=O)C(O)O)c2ccc(=O)[nH]c12.Cc1ccc(C)c2[nH]c(=O)ccc12. The predicted molar refractivity (Wildman–Crippen MR) is 116 cm³/mol. The van der Waals surface area contributed by atoms with Gasteiger partial charge in [-0.2, -0.15) is 0 Å². The smallest absolute Gasteiger partial charge is 0.248 e. The van der Waals surface area contributed by atoms with Crippen molar-refractivity contribution < 1.29 is 15.0 Å². The molecular formula is C23H22N2O5. The number of carbonyl (C=O) groups excluding carboxylic acids is 1. The molecule has 2 aromatic carbocycles. The number of aromatic nitrogens is 2. The van der Waals surface area contributed by atoms with Gasteiger partial charge in [0.05, 0.1) is 11.0 Å². The summed E-state index contributed by atoms with van der Waals surface area (Å²) >= 11 is 0. The van der Waals surface area contributed by atoms with E-state index in [1.807, 2.05) is 26.0 Å². The molecule has 154 valence electrons. The van der Waals surface area contributed by atoms with Gasteiger partial charge in [0.15, 0.2) is 0 Å². The Bertz CT molecular complexity index is 1370. The van der Waals surface area contributed by atoms with E-state index in [1.165, 1.54) is 23.8 Å². The number of aromatic amines is 2. The lowest BCUT2D eigenvalue weighted by atomic mass is 10.0. The number of rotatable bonds is 2. The van der Waals surface area contributed by atoms with E-state index >= 15 is 0 Å². The molecule has 4 aromatic rings. The Morgan fingerprint density at radius 3 is 1.73 bits per heavy atom. The summed E-state index contributed by atoms with van der Waals surface area (Å²) < 4.78 is 0. The average molecular weight is 406 g/mol. The Morgan fingerprint density at radius 1 is 0.700 bits per heavy atom. The minimum atomic E-state index is -2.05. The van der Waals surface area contributed by atoms with Gasteiger partial charge in [0.25, 0.3) is 0 Å². The number of fused-ring (bicyclic) bond motifs is 2. The summed E-state index contributed by atoms with van der Waals surface area (Å²) in [6.07, 6.45) is -2.05. The summed E-state index contributed by atoms with van der Waals surface area (Å²) in [5, 5.41) is 19.4. The molecule has 0 aliphatic carbocycles. The first-order valence-electron chi connectivity index (χ1n) is 9.31. The van der Waals surface area contributed by atoms with Gasteiger partial charge in [-0.15, -0.1) is 0 Å². The number of hydrogen-bond acceptors (Lipinski definition) is 5. The van der Waals surface area contributed by atoms with Crippen LogP contribution in [0.1, 0.15) is 27.0 Å². The molecule has 2 heterocycles. The Balaban J connectivity index is 0.000000177. The van der Waals surface area contributed by atoms with Crippen molar-refractivity contribution in [2.24, 2.45) is 0 Å². The normalized spacial score (nSPS) is 10.9. The van der Waals surface area contributed by atoms with Crippen molar-refractivity contribution in [3.8, 4) is 0 Å². The van der Waals surface area contributed by atoms with Crippen LogP contribution in [0.15, 0.2) is 58.1 Å². The lowest BCUT2D eigenvalue weighted by Gasteiger charge is -2.08. The first-order chi connectivity index (χ1) is 14.2. The molecule has 0 atom stereocenters. The van der Waals surface area contributed by atoms with Crippen molar-refractivity contribution in [3.63, 3.8) is 0 Å². The highest BCUT2D eigenvalue weighted by Crippen LogP contribution is 2.20. The second-order valence-electron chi connectivity index (χ2n) is 7.09. The molecule has 0 saturated heterocycles.